The van der Waals surface area contributed by atoms with Crippen LogP contribution in [0.5, 0.6) is 0 Å². The number of carbonyl (C=O) groups is 1. The van der Waals surface area contributed by atoms with Crippen molar-refractivity contribution in [3.8, 4) is 0 Å². The summed E-state index contributed by atoms with van der Waals surface area (Å²) in [5.74, 6) is -1.74. The largest absolute Gasteiger partial charge is 0.353 e. The van der Waals surface area contributed by atoms with Gasteiger partial charge >= 0.3 is 0 Å². The maximum absolute atomic E-state index is 13.8. The lowest BCUT2D eigenvalue weighted by Crippen LogP contribution is -2.50. The van der Waals surface area contributed by atoms with E-state index < -0.39 is 38.7 Å². The van der Waals surface area contributed by atoms with E-state index in [4.69, 9.17) is 5.73 Å². The van der Waals surface area contributed by atoms with Gasteiger partial charge in [0, 0.05) is 12.6 Å². The van der Waals surface area contributed by atoms with Crippen molar-refractivity contribution in [3.05, 3.63) is 66.0 Å². The van der Waals surface area contributed by atoms with Crippen LogP contribution < -0.4 is 15.8 Å². The maximum Gasteiger partial charge on any atom is 0.244 e. The fraction of sp³-hybridized carbons (Fsp3) is 0.316. The number of nitrogens with two attached hydrogens (primary N) is 1. The minimum absolute atomic E-state index is 0. The van der Waals surface area contributed by atoms with Gasteiger partial charge in [0.2, 0.25) is 15.9 Å². The summed E-state index contributed by atoms with van der Waals surface area (Å²) in [7, 11) is -4.19. The standard InChI is InChI=1S/C19H24FN3O3S.ClH/c1-13(2)18(23-27(25,26)17-11-7-6-10-15(17)20)19(24)22-12-16(21)14-8-4-3-5-9-14;/h3-11,13,16,18,23H,12,21H2,1-2H3,(H,22,24);1H. The third kappa shape index (κ3) is 6.27. The summed E-state index contributed by atoms with van der Waals surface area (Å²) in [6, 6.07) is 12.8. The third-order valence-electron chi connectivity index (χ3n) is 4.08. The number of hydrogen-bond donors (Lipinski definition) is 3. The zero-order chi connectivity index (χ0) is 20.0. The van der Waals surface area contributed by atoms with Gasteiger partial charge in [-0.1, -0.05) is 56.3 Å². The van der Waals surface area contributed by atoms with Crippen molar-refractivity contribution in [1.82, 2.24) is 10.0 Å². The molecule has 0 spiro atoms. The summed E-state index contributed by atoms with van der Waals surface area (Å²) in [4.78, 5) is 12.0. The van der Waals surface area contributed by atoms with E-state index in [0.717, 1.165) is 17.7 Å². The molecule has 6 nitrogen and oxygen atoms in total. The second-order valence-corrected chi connectivity index (χ2v) is 8.22. The first-order valence-corrected chi connectivity index (χ1v) is 10.1. The first-order valence-electron chi connectivity index (χ1n) is 8.57. The highest BCUT2D eigenvalue weighted by molar-refractivity contribution is 7.89. The summed E-state index contributed by atoms with van der Waals surface area (Å²) in [5, 5.41) is 2.67. The number of hydrogen-bond acceptors (Lipinski definition) is 4. The highest BCUT2D eigenvalue weighted by Gasteiger charge is 2.29. The average Bonchev–Trinajstić information content (AvgIpc) is 2.64. The Hall–Kier alpha value is -2.00. The molecule has 2 rings (SSSR count). The highest BCUT2D eigenvalue weighted by Crippen LogP contribution is 2.16. The van der Waals surface area contributed by atoms with Crippen molar-refractivity contribution in [2.75, 3.05) is 6.54 Å². The number of rotatable bonds is 8. The molecule has 0 fully saturated rings. The molecular formula is C19H25ClFN3O3S. The van der Waals surface area contributed by atoms with Gasteiger partial charge in [0.05, 0.1) is 0 Å². The fourth-order valence-corrected chi connectivity index (χ4v) is 3.95. The van der Waals surface area contributed by atoms with E-state index in [-0.39, 0.29) is 24.9 Å². The summed E-state index contributed by atoms with van der Waals surface area (Å²) in [5.41, 5.74) is 6.91. The van der Waals surface area contributed by atoms with Crippen LogP contribution in [0.4, 0.5) is 4.39 Å². The smallest absolute Gasteiger partial charge is 0.244 e. The second kappa shape index (κ2) is 10.5. The lowest BCUT2D eigenvalue weighted by molar-refractivity contribution is -0.123. The Bertz CT molecular complexity index is 879. The quantitative estimate of drug-likeness (QED) is 0.599. The topological polar surface area (TPSA) is 101 Å². The van der Waals surface area contributed by atoms with Gasteiger partial charge in [-0.15, -0.1) is 12.4 Å². The molecule has 154 valence electrons. The molecule has 2 aromatic carbocycles. The molecule has 0 saturated heterocycles. The van der Waals surface area contributed by atoms with Crippen molar-refractivity contribution in [2.24, 2.45) is 11.7 Å². The zero-order valence-corrected chi connectivity index (χ0v) is 17.3. The first kappa shape index (κ1) is 24.0. The van der Waals surface area contributed by atoms with E-state index in [1.54, 1.807) is 13.8 Å². The number of halogens is 2. The number of carbonyl (C=O) groups excluding carboxylic acids is 1. The summed E-state index contributed by atoms with van der Waals surface area (Å²) >= 11 is 0. The molecular weight excluding hydrogens is 405 g/mol. The molecule has 0 radical (unpaired) electrons. The van der Waals surface area contributed by atoms with Crippen LogP contribution in [0.1, 0.15) is 25.5 Å². The van der Waals surface area contributed by atoms with Crippen LogP contribution in [0, 0.1) is 11.7 Å². The zero-order valence-electron chi connectivity index (χ0n) is 15.6. The highest BCUT2D eigenvalue weighted by atomic mass is 35.5. The lowest BCUT2D eigenvalue weighted by atomic mass is 10.0. The molecule has 2 atom stereocenters. The van der Waals surface area contributed by atoms with Crippen LogP contribution in [0.15, 0.2) is 59.5 Å². The van der Waals surface area contributed by atoms with Crippen molar-refractivity contribution in [1.29, 1.82) is 0 Å². The Labute approximate surface area is 171 Å². The van der Waals surface area contributed by atoms with Crippen LogP contribution in [-0.2, 0) is 14.8 Å². The number of nitrogens with one attached hydrogen (secondary N) is 2. The van der Waals surface area contributed by atoms with Crippen molar-refractivity contribution in [2.45, 2.75) is 30.8 Å². The molecule has 0 heterocycles. The van der Waals surface area contributed by atoms with E-state index >= 15 is 0 Å². The molecule has 2 aromatic rings. The summed E-state index contributed by atoms with van der Waals surface area (Å²) < 4.78 is 41.1. The summed E-state index contributed by atoms with van der Waals surface area (Å²) in [6.45, 7) is 3.55. The van der Waals surface area contributed by atoms with E-state index in [1.807, 2.05) is 30.3 Å². The van der Waals surface area contributed by atoms with Gasteiger partial charge in [0.1, 0.15) is 16.8 Å². The molecule has 0 aromatic heterocycles. The van der Waals surface area contributed by atoms with Gasteiger partial charge in [-0.25, -0.2) is 12.8 Å². The molecule has 9 heteroatoms. The molecule has 0 saturated carbocycles. The SMILES string of the molecule is CC(C)C(NS(=O)(=O)c1ccccc1F)C(=O)NCC(N)c1ccccc1.Cl. The predicted octanol–water partition coefficient (Wildman–Crippen LogP) is 2.37. The monoisotopic (exact) mass is 429 g/mol. The molecule has 0 aliphatic heterocycles. The first-order chi connectivity index (χ1) is 12.7. The van der Waals surface area contributed by atoms with E-state index in [0.29, 0.717) is 0 Å². The van der Waals surface area contributed by atoms with Gasteiger partial charge in [-0.05, 0) is 23.6 Å². The predicted molar refractivity (Wildman–Crippen MR) is 109 cm³/mol. The van der Waals surface area contributed by atoms with E-state index in [1.165, 1.54) is 12.1 Å². The summed E-state index contributed by atoms with van der Waals surface area (Å²) in [6.07, 6.45) is 0. The minimum atomic E-state index is -4.19. The Morgan fingerprint density at radius 2 is 1.64 bits per heavy atom. The van der Waals surface area contributed by atoms with Crippen LogP contribution in [0.25, 0.3) is 0 Å². The molecule has 0 bridgehead atoms. The van der Waals surface area contributed by atoms with Crippen molar-refractivity contribution in [3.63, 3.8) is 0 Å². The van der Waals surface area contributed by atoms with E-state index in [2.05, 4.69) is 10.0 Å². The third-order valence-corrected chi connectivity index (χ3v) is 5.56. The Morgan fingerprint density at radius 1 is 1.07 bits per heavy atom. The molecule has 0 aliphatic carbocycles. The maximum atomic E-state index is 13.8. The number of amides is 1. The van der Waals surface area contributed by atoms with Gasteiger partial charge in [-0.3, -0.25) is 4.79 Å². The molecule has 28 heavy (non-hydrogen) atoms. The Balaban J connectivity index is 0.00000392. The van der Waals surface area contributed by atoms with Gasteiger partial charge in [0.25, 0.3) is 0 Å². The minimum Gasteiger partial charge on any atom is -0.353 e. The molecule has 1 amide bonds. The van der Waals surface area contributed by atoms with Crippen LogP contribution in [0.2, 0.25) is 0 Å². The number of benzene rings is 2. The molecule has 0 aliphatic rings. The normalized spacial score (nSPS) is 13.5. The van der Waals surface area contributed by atoms with Gasteiger partial charge in [0.15, 0.2) is 0 Å². The average molecular weight is 430 g/mol. The number of sulfonamides is 1. The fourth-order valence-electron chi connectivity index (χ4n) is 2.52. The van der Waals surface area contributed by atoms with Gasteiger partial charge in [-0.2, -0.15) is 4.72 Å². The van der Waals surface area contributed by atoms with Crippen LogP contribution in [-0.4, -0.2) is 26.9 Å². The molecule has 2 unspecified atom stereocenters. The van der Waals surface area contributed by atoms with Crippen LogP contribution >= 0.6 is 12.4 Å². The second-order valence-electron chi connectivity index (χ2n) is 6.54. The Kier molecular flexibility index (Phi) is 9.03. The van der Waals surface area contributed by atoms with Crippen molar-refractivity contribution < 1.29 is 17.6 Å². The Morgan fingerprint density at radius 3 is 2.21 bits per heavy atom. The van der Waals surface area contributed by atoms with Crippen LogP contribution in [0.3, 0.4) is 0 Å². The van der Waals surface area contributed by atoms with Gasteiger partial charge < -0.3 is 11.1 Å². The molecule has 4 N–H and O–H groups in total. The van der Waals surface area contributed by atoms with Crippen molar-refractivity contribution >= 4 is 28.3 Å². The van der Waals surface area contributed by atoms with E-state index in [9.17, 15) is 17.6 Å². The lowest BCUT2D eigenvalue weighted by Gasteiger charge is -2.23.